The first-order valence-electron chi connectivity index (χ1n) is 10.8. The first-order chi connectivity index (χ1) is 15.4. The number of carbonyl (C=O) groups excluding carboxylic acids is 2. The summed E-state index contributed by atoms with van der Waals surface area (Å²) in [5, 5.41) is 0. The molecule has 0 bridgehead atoms. The van der Waals surface area contributed by atoms with Gasteiger partial charge in [0.15, 0.2) is 0 Å². The molecular formula is C21H30F3N3O5S. The molecule has 1 heterocycles. The molecule has 2 rings (SSSR count). The number of nitrogens with zero attached hydrogens (tertiary/aromatic N) is 2. The predicted molar refractivity (Wildman–Crippen MR) is 115 cm³/mol. The van der Waals surface area contributed by atoms with Gasteiger partial charge < -0.3 is 14.5 Å². The van der Waals surface area contributed by atoms with Gasteiger partial charge in [0.2, 0.25) is 21.8 Å². The lowest BCUT2D eigenvalue weighted by atomic mass is 9.95. The van der Waals surface area contributed by atoms with Crippen molar-refractivity contribution in [3.05, 3.63) is 24.3 Å². The van der Waals surface area contributed by atoms with E-state index in [0.717, 1.165) is 37.1 Å². The molecule has 1 N–H and O–H groups in total. The van der Waals surface area contributed by atoms with Crippen molar-refractivity contribution in [3.8, 4) is 5.75 Å². The van der Waals surface area contributed by atoms with Crippen LogP contribution in [0.1, 0.15) is 39.0 Å². The van der Waals surface area contributed by atoms with Crippen LogP contribution < -0.4 is 9.46 Å². The fourth-order valence-corrected chi connectivity index (χ4v) is 4.58. The molecule has 12 heteroatoms. The monoisotopic (exact) mass is 493 g/mol. The Labute approximate surface area is 192 Å². The van der Waals surface area contributed by atoms with Gasteiger partial charge >= 0.3 is 6.36 Å². The molecule has 0 aromatic heterocycles. The first-order valence-corrected chi connectivity index (χ1v) is 12.3. The van der Waals surface area contributed by atoms with Crippen LogP contribution in [0.2, 0.25) is 0 Å². The van der Waals surface area contributed by atoms with Gasteiger partial charge in [-0.1, -0.05) is 13.3 Å². The topological polar surface area (TPSA) is 96.0 Å². The van der Waals surface area contributed by atoms with Gasteiger partial charge in [0.25, 0.3) is 0 Å². The van der Waals surface area contributed by atoms with Crippen LogP contribution >= 0.6 is 0 Å². The predicted octanol–water partition coefficient (Wildman–Crippen LogP) is 2.75. The number of benzene rings is 1. The molecular weight excluding hydrogens is 463 g/mol. The van der Waals surface area contributed by atoms with Crippen molar-refractivity contribution in [2.75, 3.05) is 33.2 Å². The summed E-state index contributed by atoms with van der Waals surface area (Å²) >= 11 is 0. The zero-order valence-electron chi connectivity index (χ0n) is 18.7. The lowest BCUT2D eigenvalue weighted by Gasteiger charge is -2.33. The average molecular weight is 494 g/mol. The van der Waals surface area contributed by atoms with Gasteiger partial charge in [0, 0.05) is 45.6 Å². The van der Waals surface area contributed by atoms with Crippen LogP contribution in [-0.4, -0.2) is 69.6 Å². The minimum absolute atomic E-state index is 0.0660. The standard InChI is InChI=1S/C21H30F3N3O5S/c1-3-4-13-26(2)20(29)16-10-14-27(15-11-16)19(28)9-12-25-33(30,31)18-7-5-17(6-8-18)32-21(22,23)24/h5-8,16,25H,3-4,9-15H2,1-2H3. The molecule has 0 atom stereocenters. The minimum atomic E-state index is -4.87. The molecule has 0 spiro atoms. The Bertz CT molecular complexity index is 899. The van der Waals surface area contributed by atoms with Crippen molar-refractivity contribution < 1.29 is 35.9 Å². The lowest BCUT2D eigenvalue weighted by Crippen LogP contribution is -2.44. The molecule has 8 nitrogen and oxygen atoms in total. The van der Waals surface area contributed by atoms with Crippen LogP contribution in [0.5, 0.6) is 5.75 Å². The maximum atomic E-state index is 12.5. The minimum Gasteiger partial charge on any atom is -0.406 e. The van der Waals surface area contributed by atoms with Gasteiger partial charge in [-0.05, 0) is 43.5 Å². The highest BCUT2D eigenvalue weighted by atomic mass is 32.2. The number of sulfonamides is 1. The number of rotatable bonds is 10. The highest BCUT2D eigenvalue weighted by Crippen LogP contribution is 2.24. The number of carbonyl (C=O) groups is 2. The molecule has 1 aliphatic heterocycles. The number of amides is 2. The van der Waals surface area contributed by atoms with Crippen LogP contribution in [0.4, 0.5) is 13.2 Å². The molecule has 186 valence electrons. The zero-order chi connectivity index (χ0) is 24.6. The summed E-state index contributed by atoms with van der Waals surface area (Å²) in [6, 6.07) is 3.78. The van der Waals surface area contributed by atoms with E-state index in [1.54, 1.807) is 16.8 Å². The van der Waals surface area contributed by atoms with Crippen LogP contribution in [0.3, 0.4) is 0 Å². The summed E-state index contributed by atoms with van der Waals surface area (Å²) in [5.74, 6) is -0.777. The molecule has 33 heavy (non-hydrogen) atoms. The second-order valence-electron chi connectivity index (χ2n) is 7.94. The Hall–Kier alpha value is -2.34. The Morgan fingerprint density at radius 1 is 1.18 bits per heavy atom. The third kappa shape index (κ3) is 8.50. The summed E-state index contributed by atoms with van der Waals surface area (Å²) in [7, 11) is -2.20. The molecule has 1 aromatic rings. The first kappa shape index (κ1) is 26.9. The van der Waals surface area contributed by atoms with E-state index >= 15 is 0 Å². The van der Waals surface area contributed by atoms with E-state index in [4.69, 9.17) is 0 Å². The normalized spacial score (nSPS) is 15.4. The molecule has 0 radical (unpaired) electrons. The summed E-state index contributed by atoms with van der Waals surface area (Å²) in [4.78, 5) is 28.0. The third-order valence-corrected chi connectivity index (χ3v) is 6.90. The molecule has 0 unspecified atom stereocenters. The van der Waals surface area contributed by atoms with E-state index in [2.05, 4.69) is 16.4 Å². The van der Waals surface area contributed by atoms with Gasteiger partial charge in [0.05, 0.1) is 4.90 Å². The van der Waals surface area contributed by atoms with Crippen molar-refractivity contribution in [2.24, 2.45) is 5.92 Å². The SMILES string of the molecule is CCCCN(C)C(=O)C1CCN(C(=O)CCNS(=O)(=O)c2ccc(OC(F)(F)F)cc2)CC1. The molecule has 0 aliphatic carbocycles. The Kier molecular flexibility index (Phi) is 9.53. The molecule has 1 aliphatic rings. The van der Waals surface area contributed by atoms with Crippen LogP contribution in [-0.2, 0) is 19.6 Å². The maximum Gasteiger partial charge on any atom is 0.573 e. The zero-order valence-corrected chi connectivity index (χ0v) is 19.5. The molecule has 1 saturated heterocycles. The van der Waals surface area contributed by atoms with Crippen LogP contribution in [0.25, 0.3) is 0 Å². The lowest BCUT2D eigenvalue weighted by molar-refractivity contribution is -0.274. The van der Waals surface area contributed by atoms with E-state index in [0.29, 0.717) is 32.5 Å². The maximum absolute atomic E-state index is 12.5. The van der Waals surface area contributed by atoms with E-state index in [9.17, 15) is 31.2 Å². The number of hydrogen-bond donors (Lipinski definition) is 1. The fourth-order valence-electron chi connectivity index (χ4n) is 3.55. The number of hydrogen-bond acceptors (Lipinski definition) is 5. The summed E-state index contributed by atoms with van der Waals surface area (Å²) in [6.45, 7) is 3.49. The van der Waals surface area contributed by atoms with Crippen LogP contribution in [0, 0.1) is 5.92 Å². The number of alkyl halides is 3. The fraction of sp³-hybridized carbons (Fsp3) is 0.619. The van der Waals surface area contributed by atoms with Crippen molar-refractivity contribution in [2.45, 2.75) is 50.3 Å². The number of likely N-dealkylation sites (tertiary alicyclic amines) is 1. The second kappa shape index (κ2) is 11.7. The number of piperidine rings is 1. The summed E-state index contributed by atoms with van der Waals surface area (Å²) in [5.41, 5.74) is 0. The van der Waals surface area contributed by atoms with Crippen molar-refractivity contribution >= 4 is 21.8 Å². The van der Waals surface area contributed by atoms with E-state index < -0.39 is 22.1 Å². The molecule has 1 fully saturated rings. The Morgan fingerprint density at radius 3 is 2.33 bits per heavy atom. The van der Waals surface area contributed by atoms with Crippen molar-refractivity contribution in [1.82, 2.24) is 14.5 Å². The van der Waals surface area contributed by atoms with Crippen LogP contribution in [0.15, 0.2) is 29.2 Å². The van der Waals surface area contributed by atoms with Gasteiger partial charge in [-0.25, -0.2) is 13.1 Å². The number of nitrogens with one attached hydrogen (secondary N) is 1. The van der Waals surface area contributed by atoms with E-state index in [1.807, 2.05) is 0 Å². The second-order valence-corrected chi connectivity index (χ2v) is 9.70. The van der Waals surface area contributed by atoms with Crippen molar-refractivity contribution in [1.29, 1.82) is 0 Å². The molecule has 2 amide bonds. The summed E-state index contributed by atoms with van der Waals surface area (Å²) in [6.07, 6.45) is -1.85. The quantitative estimate of drug-likeness (QED) is 0.541. The number of ether oxygens (including phenoxy) is 1. The molecule has 1 aromatic carbocycles. The summed E-state index contributed by atoms with van der Waals surface area (Å²) < 4.78 is 67.2. The van der Waals surface area contributed by atoms with Crippen molar-refractivity contribution in [3.63, 3.8) is 0 Å². The van der Waals surface area contributed by atoms with E-state index in [1.165, 1.54) is 0 Å². The Morgan fingerprint density at radius 2 is 1.79 bits per heavy atom. The van der Waals surface area contributed by atoms with Gasteiger partial charge in [-0.2, -0.15) is 0 Å². The largest absolute Gasteiger partial charge is 0.573 e. The molecule has 0 saturated carbocycles. The number of unbranched alkanes of at least 4 members (excludes halogenated alkanes) is 1. The highest BCUT2D eigenvalue weighted by molar-refractivity contribution is 7.89. The highest BCUT2D eigenvalue weighted by Gasteiger charge is 2.31. The number of halogens is 3. The van der Waals surface area contributed by atoms with Gasteiger partial charge in [-0.15, -0.1) is 13.2 Å². The third-order valence-electron chi connectivity index (χ3n) is 5.42. The average Bonchev–Trinajstić information content (AvgIpc) is 2.76. The van der Waals surface area contributed by atoms with Gasteiger partial charge in [-0.3, -0.25) is 9.59 Å². The van der Waals surface area contributed by atoms with E-state index in [-0.39, 0.29) is 35.6 Å². The van der Waals surface area contributed by atoms with Gasteiger partial charge in [0.1, 0.15) is 5.75 Å². The Balaban J connectivity index is 1.78. The smallest absolute Gasteiger partial charge is 0.406 e.